The third kappa shape index (κ3) is 2.19. The second kappa shape index (κ2) is 4.83. The van der Waals surface area contributed by atoms with Gasteiger partial charge in [0, 0.05) is 30.3 Å². The number of rotatable bonds is 3. The summed E-state index contributed by atoms with van der Waals surface area (Å²) in [5.74, 6) is 1.29. The van der Waals surface area contributed by atoms with Gasteiger partial charge in [-0.05, 0) is 25.3 Å². The first-order valence-electron chi connectivity index (χ1n) is 6.00. The SMILES string of the molecule is CCC1NC(C)CC1c1ccc(OC)nc1. The fourth-order valence-electron chi connectivity index (χ4n) is 2.60. The summed E-state index contributed by atoms with van der Waals surface area (Å²) < 4.78 is 5.08. The van der Waals surface area contributed by atoms with E-state index >= 15 is 0 Å². The van der Waals surface area contributed by atoms with Crippen molar-refractivity contribution >= 4 is 0 Å². The minimum Gasteiger partial charge on any atom is -0.481 e. The van der Waals surface area contributed by atoms with Gasteiger partial charge in [-0.25, -0.2) is 4.98 Å². The number of ether oxygens (including phenoxy) is 1. The lowest BCUT2D eigenvalue weighted by atomic mass is 9.91. The van der Waals surface area contributed by atoms with Gasteiger partial charge in [0.05, 0.1) is 7.11 Å². The largest absolute Gasteiger partial charge is 0.481 e. The predicted octanol–water partition coefficient (Wildman–Crippen LogP) is 2.33. The summed E-state index contributed by atoms with van der Waals surface area (Å²) >= 11 is 0. The van der Waals surface area contributed by atoms with Crippen LogP contribution in [0.15, 0.2) is 18.3 Å². The second-order valence-electron chi connectivity index (χ2n) is 4.56. The van der Waals surface area contributed by atoms with Gasteiger partial charge >= 0.3 is 0 Å². The van der Waals surface area contributed by atoms with Gasteiger partial charge in [-0.15, -0.1) is 0 Å². The van der Waals surface area contributed by atoms with Crippen molar-refractivity contribution in [1.29, 1.82) is 0 Å². The van der Waals surface area contributed by atoms with Crippen molar-refractivity contribution in [2.24, 2.45) is 0 Å². The van der Waals surface area contributed by atoms with Crippen LogP contribution < -0.4 is 10.1 Å². The number of methoxy groups -OCH3 is 1. The summed E-state index contributed by atoms with van der Waals surface area (Å²) in [4.78, 5) is 4.29. The zero-order valence-electron chi connectivity index (χ0n) is 10.2. The molecular weight excluding hydrogens is 200 g/mol. The Bertz CT molecular complexity index is 336. The van der Waals surface area contributed by atoms with Gasteiger partial charge in [0.1, 0.15) is 0 Å². The highest BCUT2D eigenvalue weighted by Crippen LogP contribution is 2.32. The molecule has 1 saturated heterocycles. The van der Waals surface area contributed by atoms with Crippen molar-refractivity contribution < 1.29 is 4.74 Å². The minimum absolute atomic E-state index is 0.588. The van der Waals surface area contributed by atoms with Crippen molar-refractivity contribution in [3.05, 3.63) is 23.9 Å². The van der Waals surface area contributed by atoms with E-state index in [1.165, 1.54) is 18.4 Å². The average molecular weight is 220 g/mol. The Kier molecular flexibility index (Phi) is 3.44. The average Bonchev–Trinajstić information content (AvgIpc) is 2.70. The van der Waals surface area contributed by atoms with Gasteiger partial charge in [-0.2, -0.15) is 0 Å². The predicted molar refractivity (Wildman–Crippen MR) is 64.8 cm³/mol. The van der Waals surface area contributed by atoms with Crippen LogP contribution in [0.25, 0.3) is 0 Å². The third-order valence-corrected chi connectivity index (χ3v) is 3.43. The Hall–Kier alpha value is -1.09. The van der Waals surface area contributed by atoms with Crippen LogP contribution in [0.5, 0.6) is 5.88 Å². The van der Waals surface area contributed by atoms with Gasteiger partial charge in [0.15, 0.2) is 0 Å². The first-order valence-corrected chi connectivity index (χ1v) is 6.00. The monoisotopic (exact) mass is 220 g/mol. The van der Waals surface area contributed by atoms with Crippen molar-refractivity contribution in [2.45, 2.75) is 44.7 Å². The summed E-state index contributed by atoms with van der Waals surface area (Å²) in [6, 6.07) is 5.28. The summed E-state index contributed by atoms with van der Waals surface area (Å²) in [7, 11) is 1.65. The van der Waals surface area contributed by atoms with Crippen LogP contribution in [0.1, 0.15) is 38.2 Å². The first kappa shape index (κ1) is 11.4. The van der Waals surface area contributed by atoms with Gasteiger partial charge in [0.25, 0.3) is 0 Å². The molecule has 3 nitrogen and oxygen atoms in total. The van der Waals surface area contributed by atoms with Gasteiger partial charge in [0.2, 0.25) is 5.88 Å². The molecule has 88 valence electrons. The first-order chi connectivity index (χ1) is 7.74. The third-order valence-electron chi connectivity index (χ3n) is 3.43. The highest BCUT2D eigenvalue weighted by molar-refractivity contribution is 5.24. The van der Waals surface area contributed by atoms with E-state index in [-0.39, 0.29) is 0 Å². The zero-order valence-corrected chi connectivity index (χ0v) is 10.2. The normalized spacial score (nSPS) is 29.3. The molecule has 0 amide bonds. The van der Waals surface area contributed by atoms with Gasteiger partial charge < -0.3 is 10.1 Å². The Labute approximate surface area is 97.2 Å². The van der Waals surface area contributed by atoms with E-state index in [2.05, 4.69) is 30.2 Å². The molecule has 0 saturated carbocycles. The van der Waals surface area contributed by atoms with E-state index in [9.17, 15) is 0 Å². The summed E-state index contributed by atoms with van der Waals surface area (Å²) in [5.41, 5.74) is 1.32. The number of hydrogen-bond donors (Lipinski definition) is 1. The highest BCUT2D eigenvalue weighted by Gasteiger charge is 2.31. The molecule has 3 atom stereocenters. The van der Waals surface area contributed by atoms with Crippen molar-refractivity contribution in [3.63, 3.8) is 0 Å². The van der Waals surface area contributed by atoms with E-state index in [0.29, 0.717) is 23.9 Å². The quantitative estimate of drug-likeness (QED) is 0.849. The van der Waals surface area contributed by atoms with Crippen molar-refractivity contribution in [1.82, 2.24) is 10.3 Å². The van der Waals surface area contributed by atoms with Crippen LogP contribution in [0.3, 0.4) is 0 Å². The maximum atomic E-state index is 5.08. The lowest BCUT2D eigenvalue weighted by molar-refractivity contribution is 0.397. The molecule has 16 heavy (non-hydrogen) atoms. The van der Waals surface area contributed by atoms with E-state index in [4.69, 9.17) is 4.74 Å². The molecule has 1 aromatic heterocycles. The smallest absolute Gasteiger partial charge is 0.212 e. The number of nitrogens with one attached hydrogen (secondary N) is 1. The van der Waals surface area contributed by atoms with Crippen molar-refractivity contribution in [2.75, 3.05) is 7.11 Å². The Morgan fingerprint density at radius 3 is 2.88 bits per heavy atom. The molecule has 0 aliphatic carbocycles. The molecular formula is C13H20N2O. The number of nitrogens with zero attached hydrogens (tertiary/aromatic N) is 1. The fraction of sp³-hybridized carbons (Fsp3) is 0.615. The van der Waals surface area contributed by atoms with E-state index in [1.54, 1.807) is 7.11 Å². The molecule has 1 fully saturated rings. The maximum absolute atomic E-state index is 5.08. The highest BCUT2D eigenvalue weighted by atomic mass is 16.5. The van der Waals surface area contributed by atoms with E-state index in [1.807, 2.05) is 12.3 Å². The topological polar surface area (TPSA) is 34.1 Å². The van der Waals surface area contributed by atoms with Gasteiger partial charge in [-0.3, -0.25) is 0 Å². The maximum Gasteiger partial charge on any atom is 0.212 e. The second-order valence-corrected chi connectivity index (χ2v) is 4.56. The summed E-state index contributed by atoms with van der Waals surface area (Å²) in [6.45, 7) is 4.49. The molecule has 1 N–H and O–H groups in total. The molecule has 1 aliphatic rings. The molecule has 0 aromatic carbocycles. The Balaban J connectivity index is 2.16. The van der Waals surface area contributed by atoms with Crippen LogP contribution in [0.2, 0.25) is 0 Å². The van der Waals surface area contributed by atoms with Gasteiger partial charge in [-0.1, -0.05) is 13.0 Å². The van der Waals surface area contributed by atoms with Crippen LogP contribution in [-0.2, 0) is 0 Å². The number of hydrogen-bond acceptors (Lipinski definition) is 3. The van der Waals surface area contributed by atoms with Crippen LogP contribution in [-0.4, -0.2) is 24.2 Å². The molecule has 3 heteroatoms. The Morgan fingerprint density at radius 1 is 1.50 bits per heavy atom. The fourth-order valence-corrected chi connectivity index (χ4v) is 2.60. The van der Waals surface area contributed by atoms with Crippen LogP contribution >= 0.6 is 0 Å². The lowest BCUT2D eigenvalue weighted by Crippen LogP contribution is -2.28. The molecule has 0 bridgehead atoms. The Morgan fingerprint density at radius 2 is 2.31 bits per heavy atom. The summed E-state index contributed by atoms with van der Waals surface area (Å²) in [6.07, 6.45) is 4.32. The van der Waals surface area contributed by atoms with Crippen LogP contribution in [0, 0.1) is 0 Å². The molecule has 1 aromatic rings. The summed E-state index contributed by atoms with van der Waals surface area (Å²) in [5, 5.41) is 3.62. The molecule has 3 unspecified atom stereocenters. The molecule has 0 spiro atoms. The molecule has 2 heterocycles. The lowest BCUT2D eigenvalue weighted by Gasteiger charge is -2.17. The molecule has 1 aliphatic heterocycles. The van der Waals surface area contributed by atoms with Crippen molar-refractivity contribution in [3.8, 4) is 5.88 Å². The minimum atomic E-state index is 0.588. The van der Waals surface area contributed by atoms with E-state index in [0.717, 1.165) is 0 Å². The van der Waals surface area contributed by atoms with Crippen LogP contribution in [0.4, 0.5) is 0 Å². The standard InChI is InChI=1S/C13H20N2O/c1-4-12-11(7-9(2)15-12)10-5-6-13(16-3)14-8-10/h5-6,8-9,11-12,15H,4,7H2,1-3H3. The number of pyridine rings is 1. The molecule has 2 rings (SSSR count). The van der Waals surface area contributed by atoms with E-state index < -0.39 is 0 Å². The zero-order chi connectivity index (χ0) is 11.5. The molecule has 0 radical (unpaired) electrons. The number of aromatic nitrogens is 1.